The van der Waals surface area contributed by atoms with Crippen LogP contribution in [0.15, 0.2) is 53.0 Å². The third-order valence-corrected chi connectivity index (χ3v) is 4.37. The molecule has 0 aliphatic carbocycles. The third-order valence-electron chi connectivity index (χ3n) is 3.84. The molecule has 0 aliphatic rings. The number of carbonyl (C=O) groups excluding carboxylic acids is 2. The Morgan fingerprint density at radius 3 is 2.30 bits per heavy atom. The SMILES string of the molecule is CCN(CC(=O)Nc1ccccc1C(F)(F)F)C(=O)Cc1ccc(Br)cc1. The molecule has 0 atom stereocenters. The van der Waals surface area contributed by atoms with Crippen molar-refractivity contribution in [2.75, 3.05) is 18.4 Å². The normalized spacial score (nSPS) is 11.1. The number of likely N-dealkylation sites (N-methyl/N-ethyl adjacent to an activating group) is 1. The number of rotatable bonds is 6. The maximum absolute atomic E-state index is 13.0. The van der Waals surface area contributed by atoms with Gasteiger partial charge in [0.25, 0.3) is 0 Å². The molecular formula is C19H18BrF3N2O2. The van der Waals surface area contributed by atoms with E-state index in [1.807, 2.05) is 0 Å². The van der Waals surface area contributed by atoms with Crippen molar-refractivity contribution in [1.82, 2.24) is 4.90 Å². The molecule has 0 spiro atoms. The Labute approximate surface area is 163 Å². The topological polar surface area (TPSA) is 49.4 Å². The van der Waals surface area contributed by atoms with Crippen LogP contribution in [-0.2, 0) is 22.2 Å². The van der Waals surface area contributed by atoms with Crippen LogP contribution in [0.1, 0.15) is 18.1 Å². The minimum absolute atomic E-state index is 0.105. The molecule has 2 aromatic rings. The number of hydrogen-bond donors (Lipinski definition) is 1. The van der Waals surface area contributed by atoms with E-state index in [2.05, 4.69) is 21.2 Å². The number of para-hydroxylation sites is 1. The highest BCUT2D eigenvalue weighted by atomic mass is 79.9. The van der Waals surface area contributed by atoms with Crippen molar-refractivity contribution in [1.29, 1.82) is 0 Å². The van der Waals surface area contributed by atoms with Crippen LogP contribution >= 0.6 is 15.9 Å². The molecule has 8 heteroatoms. The molecule has 0 saturated heterocycles. The van der Waals surface area contributed by atoms with Gasteiger partial charge in [-0.2, -0.15) is 13.2 Å². The zero-order valence-electron chi connectivity index (χ0n) is 14.5. The summed E-state index contributed by atoms with van der Waals surface area (Å²) in [5.74, 6) is -0.961. The van der Waals surface area contributed by atoms with Crippen LogP contribution in [0.2, 0.25) is 0 Å². The number of benzene rings is 2. The Hall–Kier alpha value is -2.35. The monoisotopic (exact) mass is 442 g/mol. The maximum atomic E-state index is 13.0. The van der Waals surface area contributed by atoms with Crippen LogP contribution in [0.25, 0.3) is 0 Å². The standard InChI is InChI=1S/C19H18BrF3N2O2/c1-2-25(18(27)11-13-7-9-14(20)10-8-13)12-17(26)24-16-6-4-3-5-15(16)19(21,22)23/h3-10H,2,11-12H2,1H3,(H,24,26). The Morgan fingerprint density at radius 1 is 1.07 bits per heavy atom. The molecule has 0 aromatic heterocycles. The lowest BCUT2D eigenvalue weighted by Crippen LogP contribution is -2.38. The van der Waals surface area contributed by atoms with Crippen LogP contribution in [-0.4, -0.2) is 29.8 Å². The van der Waals surface area contributed by atoms with Crippen molar-refractivity contribution in [2.45, 2.75) is 19.5 Å². The molecule has 2 amide bonds. The molecular weight excluding hydrogens is 425 g/mol. The first kappa shape index (κ1) is 21.0. The molecule has 27 heavy (non-hydrogen) atoms. The van der Waals surface area contributed by atoms with Crippen LogP contribution in [0.3, 0.4) is 0 Å². The molecule has 2 rings (SSSR count). The van der Waals surface area contributed by atoms with Crippen molar-refractivity contribution >= 4 is 33.4 Å². The summed E-state index contributed by atoms with van der Waals surface area (Å²) in [5, 5.41) is 2.25. The summed E-state index contributed by atoms with van der Waals surface area (Å²) in [4.78, 5) is 25.9. The molecule has 4 nitrogen and oxygen atoms in total. The van der Waals surface area contributed by atoms with Gasteiger partial charge >= 0.3 is 6.18 Å². The number of halogens is 4. The zero-order chi connectivity index (χ0) is 20.0. The van der Waals surface area contributed by atoms with Gasteiger partial charge < -0.3 is 10.2 Å². The van der Waals surface area contributed by atoms with Crippen molar-refractivity contribution in [2.24, 2.45) is 0 Å². The summed E-state index contributed by atoms with van der Waals surface area (Å²) >= 11 is 3.31. The van der Waals surface area contributed by atoms with Gasteiger partial charge in [-0.3, -0.25) is 9.59 Å². The number of nitrogens with zero attached hydrogens (tertiary/aromatic N) is 1. The first-order valence-electron chi connectivity index (χ1n) is 8.19. The second kappa shape index (κ2) is 9.03. The van der Waals surface area contributed by atoms with Crippen LogP contribution in [0.5, 0.6) is 0 Å². The molecule has 0 saturated carbocycles. The van der Waals surface area contributed by atoms with E-state index >= 15 is 0 Å². The van der Waals surface area contributed by atoms with E-state index in [0.717, 1.165) is 16.1 Å². The number of hydrogen-bond acceptors (Lipinski definition) is 2. The lowest BCUT2D eigenvalue weighted by atomic mass is 10.1. The Kier molecular flexibility index (Phi) is 7.01. The first-order valence-corrected chi connectivity index (χ1v) is 8.98. The number of carbonyl (C=O) groups is 2. The highest BCUT2D eigenvalue weighted by Crippen LogP contribution is 2.34. The molecule has 0 unspecified atom stereocenters. The van der Waals surface area contributed by atoms with E-state index in [1.165, 1.54) is 23.1 Å². The lowest BCUT2D eigenvalue weighted by Gasteiger charge is -2.21. The molecule has 2 aromatic carbocycles. The minimum Gasteiger partial charge on any atom is -0.333 e. The number of amides is 2. The molecule has 0 aliphatic heterocycles. The summed E-state index contributed by atoms with van der Waals surface area (Å²) in [6, 6.07) is 11.9. The van der Waals surface area contributed by atoms with Gasteiger partial charge in [-0.05, 0) is 36.8 Å². The fourth-order valence-electron chi connectivity index (χ4n) is 2.47. The molecule has 144 valence electrons. The minimum atomic E-state index is -4.58. The first-order chi connectivity index (χ1) is 12.7. The van der Waals surface area contributed by atoms with Gasteiger partial charge in [0.15, 0.2) is 0 Å². The van der Waals surface area contributed by atoms with E-state index in [0.29, 0.717) is 0 Å². The van der Waals surface area contributed by atoms with Gasteiger partial charge in [0.2, 0.25) is 11.8 Å². The number of anilines is 1. The lowest BCUT2D eigenvalue weighted by molar-refractivity contribution is -0.137. The molecule has 0 heterocycles. The van der Waals surface area contributed by atoms with Gasteiger partial charge in [-0.25, -0.2) is 0 Å². The summed E-state index contributed by atoms with van der Waals surface area (Å²) in [6.45, 7) is 1.65. The van der Waals surface area contributed by atoms with E-state index in [1.54, 1.807) is 31.2 Å². The maximum Gasteiger partial charge on any atom is 0.418 e. The number of nitrogens with one attached hydrogen (secondary N) is 1. The van der Waals surface area contributed by atoms with E-state index in [-0.39, 0.29) is 31.1 Å². The largest absolute Gasteiger partial charge is 0.418 e. The highest BCUT2D eigenvalue weighted by molar-refractivity contribution is 9.10. The second-order valence-electron chi connectivity index (χ2n) is 5.80. The average molecular weight is 443 g/mol. The van der Waals surface area contributed by atoms with Gasteiger partial charge in [0.1, 0.15) is 0 Å². The number of alkyl halides is 3. The van der Waals surface area contributed by atoms with E-state index in [9.17, 15) is 22.8 Å². The Balaban J connectivity index is 2.03. The second-order valence-corrected chi connectivity index (χ2v) is 6.72. The van der Waals surface area contributed by atoms with Gasteiger partial charge in [-0.15, -0.1) is 0 Å². The summed E-state index contributed by atoms with van der Waals surface area (Å²) in [6.07, 6.45) is -4.47. The summed E-state index contributed by atoms with van der Waals surface area (Å²) < 4.78 is 39.9. The fraction of sp³-hybridized carbons (Fsp3) is 0.263. The predicted octanol–water partition coefficient (Wildman–Crippen LogP) is 4.50. The van der Waals surface area contributed by atoms with Crippen LogP contribution in [0, 0.1) is 0 Å². The highest BCUT2D eigenvalue weighted by Gasteiger charge is 2.33. The van der Waals surface area contributed by atoms with Crippen molar-refractivity contribution in [3.8, 4) is 0 Å². The van der Waals surface area contributed by atoms with Crippen molar-refractivity contribution in [3.05, 3.63) is 64.1 Å². The molecule has 0 fully saturated rings. The summed E-state index contributed by atoms with van der Waals surface area (Å²) in [7, 11) is 0. The van der Waals surface area contributed by atoms with Crippen molar-refractivity contribution in [3.63, 3.8) is 0 Å². The van der Waals surface area contributed by atoms with Gasteiger partial charge in [0, 0.05) is 11.0 Å². The Morgan fingerprint density at radius 2 is 1.70 bits per heavy atom. The van der Waals surface area contributed by atoms with Crippen molar-refractivity contribution < 1.29 is 22.8 Å². The Bertz CT molecular complexity index is 807. The zero-order valence-corrected chi connectivity index (χ0v) is 16.1. The van der Waals surface area contributed by atoms with Gasteiger partial charge in [0.05, 0.1) is 24.2 Å². The third kappa shape index (κ3) is 6.09. The summed E-state index contributed by atoms with van der Waals surface area (Å²) in [5.41, 5.74) is -0.474. The van der Waals surface area contributed by atoms with Crippen LogP contribution < -0.4 is 5.32 Å². The fourth-order valence-corrected chi connectivity index (χ4v) is 2.73. The van der Waals surface area contributed by atoms with Gasteiger partial charge in [-0.1, -0.05) is 40.2 Å². The molecule has 0 radical (unpaired) electrons. The molecule has 1 N–H and O–H groups in total. The molecule has 0 bridgehead atoms. The predicted molar refractivity (Wildman–Crippen MR) is 100 cm³/mol. The van der Waals surface area contributed by atoms with E-state index in [4.69, 9.17) is 0 Å². The average Bonchev–Trinajstić information content (AvgIpc) is 2.61. The van der Waals surface area contributed by atoms with Crippen LogP contribution in [0.4, 0.5) is 18.9 Å². The quantitative estimate of drug-likeness (QED) is 0.715. The smallest absolute Gasteiger partial charge is 0.333 e. The van der Waals surface area contributed by atoms with E-state index < -0.39 is 17.6 Å².